The minimum absolute atomic E-state index is 0.0184. The fourth-order valence-electron chi connectivity index (χ4n) is 3.21. The molecule has 1 fully saturated rings. The molecule has 0 radical (unpaired) electrons. The number of rotatable bonds is 5. The molecule has 0 spiro atoms. The predicted molar refractivity (Wildman–Crippen MR) is 90.2 cm³/mol. The van der Waals surface area contributed by atoms with E-state index in [4.69, 9.17) is 15.2 Å². The molecule has 1 saturated carbocycles. The molecular weight excluding hydrogens is 309 g/mol. The van der Waals surface area contributed by atoms with Gasteiger partial charge in [-0.25, -0.2) is 4.39 Å². The van der Waals surface area contributed by atoms with Crippen LogP contribution < -0.4 is 15.2 Å². The Morgan fingerprint density at radius 1 is 1.12 bits per heavy atom. The van der Waals surface area contributed by atoms with Gasteiger partial charge in [0.25, 0.3) is 0 Å². The first kappa shape index (κ1) is 16.3. The third-order valence-corrected chi connectivity index (χ3v) is 4.73. The summed E-state index contributed by atoms with van der Waals surface area (Å²) in [5, 5.41) is 0. The molecule has 0 aliphatic heterocycles. The Bertz CT molecular complexity index is 775. The molecule has 4 nitrogen and oxygen atoms in total. The zero-order chi connectivity index (χ0) is 17.3. The molecule has 0 bridgehead atoms. The van der Waals surface area contributed by atoms with Gasteiger partial charge in [0, 0.05) is 5.92 Å². The first-order chi connectivity index (χ1) is 11.5. The van der Waals surface area contributed by atoms with E-state index in [0.717, 1.165) is 18.4 Å². The summed E-state index contributed by atoms with van der Waals surface area (Å²) in [6.45, 7) is 0. The lowest BCUT2D eigenvalue weighted by Gasteiger charge is -2.36. The maximum atomic E-state index is 13.4. The monoisotopic (exact) mass is 329 g/mol. The normalized spacial score (nSPS) is 19.5. The third-order valence-electron chi connectivity index (χ3n) is 4.73. The van der Waals surface area contributed by atoms with Gasteiger partial charge in [-0.3, -0.25) is 4.79 Å². The summed E-state index contributed by atoms with van der Waals surface area (Å²) >= 11 is 0. The summed E-state index contributed by atoms with van der Waals surface area (Å²) in [4.78, 5) is 13.0. The number of carbonyl (C=O) groups is 1. The number of benzene rings is 2. The Kier molecular flexibility index (Phi) is 4.42. The molecule has 1 aliphatic rings. The zero-order valence-electron chi connectivity index (χ0n) is 13.7. The van der Waals surface area contributed by atoms with Crippen molar-refractivity contribution in [2.45, 2.75) is 18.8 Å². The smallest absolute Gasteiger partial charge is 0.170 e. The van der Waals surface area contributed by atoms with E-state index < -0.39 is 5.82 Å². The number of Topliss-reactive ketones (excluding diaryl/α,β-unsaturated/α-hetero) is 1. The van der Waals surface area contributed by atoms with Crippen LogP contribution >= 0.6 is 0 Å². The molecule has 126 valence electrons. The number of methoxy groups -OCH3 is 2. The molecule has 0 saturated heterocycles. The van der Waals surface area contributed by atoms with E-state index in [0.29, 0.717) is 17.1 Å². The van der Waals surface area contributed by atoms with E-state index in [1.54, 1.807) is 37.4 Å². The topological polar surface area (TPSA) is 61.5 Å². The molecule has 24 heavy (non-hydrogen) atoms. The van der Waals surface area contributed by atoms with E-state index in [2.05, 4.69) is 0 Å². The molecule has 3 rings (SSSR count). The number of nitrogens with two attached hydrogens (primary N) is 1. The van der Waals surface area contributed by atoms with Crippen molar-refractivity contribution >= 4 is 11.5 Å². The van der Waals surface area contributed by atoms with Crippen LogP contribution in [0.5, 0.6) is 11.5 Å². The fraction of sp³-hybridized carbons (Fsp3) is 0.316. The molecule has 0 amide bonds. The van der Waals surface area contributed by atoms with Crippen LogP contribution in [-0.4, -0.2) is 20.0 Å². The summed E-state index contributed by atoms with van der Waals surface area (Å²) in [5.74, 6) is 0.624. The Balaban J connectivity index is 1.89. The maximum Gasteiger partial charge on any atom is 0.170 e. The van der Waals surface area contributed by atoms with Gasteiger partial charge >= 0.3 is 0 Å². The highest BCUT2D eigenvalue weighted by Crippen LogP contribution is 2.45. The van der Waals surface area contributed by atoms with Gasteiger partial charge in [-0.1, -0.05) is 6.07 Å². The number of ketones is 1. The van der Waals surface area contributed by atoms with Crippen molar-refractivity contribution in [2.75, 3.05) is 20.0 Å². The molecular formula is C19H20FNO3. The highest BCUT2D eigenvalue weighted by Gasteiger charge is 2.39. The Morgan fingerprint density at radius 2 is 1.92 bits per heavy atom. The van der Waals surface area contributed by atoms with Crippen LogP contribution in [0, 0.1) is 11.7 Å². The van der Waals surface area contributed by atoms with Gasteiger partial charge in [0.05, 0.1) is 25.5 Å². The van der Waals surface area contributed by atoms with Gasteiger partial charge in [0.1, 0.15) is 17.3 Å². The maximum absolute atomic E-state index is 13.4. The van der Waals surface area contributed by atoms with Crippen LogP contribution in [0.25, 0.3) is 0 Å². The highest BCUT2D eigenvalue weighted by atomic mass is 19.1. The van der Waals surface area contributed by atoms with Crippen molar-refractivity contribution in [3.63, 3.8) is 0 Å². The Morgan fingerprint density at radius 3 is 2.50 bits per heavy atom. The summed E-state index contributed by atoms with van der Waals surface area (Å²) in [6.07, 6.45) is 1.68. The van der Waals surface area contributed by atoms with Crippen molar-refractivity contribution in [3.8, 4) is 11.5 Å². The second-order valence-corrected chi connectivity index (χ2v) is 6.00. The Labute approximate surface area is 140 Å². The number of hydrogen-bond donors (Lipinski definition) is 1. The number of anilines is 1. The summed E-state index contributed by atoms with van der Waals surface area (Å²) in [5.41, 5.74) is 7.19. The molecule has 2 aromatic carbocycles. The predicted octanol–water partition coefficient (Wildman–Crippen LogP) is 3.80. The van der Waals surface area contributed by atoms with Gasteiger partial charge in [0.2, 0.25) is 0 Å². The van der Waals surface area contributed by atoms with Crippen molar-refractivity contribution in [3.05, 3.63) is 53.3 Å². The fourth-order valence-corrected chi connectivity index (χ4v) is 3.21. The van der Waals surface area contributed by atoms with E-state index in [1.807, 2.05) is 0 Å². The molecule has 2 unspecified atom stereocenters. The van der Waals surface area contributed by atoms with Crippen LogP contribution in [0.4, 0.5) is 10.1 Å². The summed E-state index contributed by atoms with van der Waals surface area (Å²) in [6, 6.07) is 9.89. The lowest BCUT2D eigenvalue weighted by Crippen LogP contribution is -2.31. The first-order valence-electron chi connectivity index (χ1n) is 7.86. The van der Waals surface area contributed by atoms with E-state index in [1.165, 1.54) is 13.2 Å². The lowest BCUT2D eigenvalue weighted by molar-refractivity contribution is 0.0815. The lowest BCUT2D eigenvalue weighted by atomic mass is 9.67. The van der Waals surface area contributed by atoms with Crippen LogP contribution in [-0.2, 0) is 0 Å². The SMILES string of the molecule is COc1ccc(OC)c(C(=O)C2CCC2c2ccc(F)c(N)c2)c1. The second kappa shape index (κ2) is 6.51. The van der Waals surface area contributed by atoms with Gasteiger partial charge in [-0.15, -0.1) is 0 Å². The molecule has 2 aromatic rings. The quantitative estimate of drug-likeness (QED) is 0.669. The highest BCUT2D eigenvalue weighted by molar-refractivity contribution is 6.01. The molecule has 2 N–H and O–H groups in total. The van der Waals surface area contributed by atoms with Crippen molar-refractivity contribution < 1.29 is 18.7 Å². The molecule has 2 atom stereocenters. The largest absolute Gasteiger partial charge is 0.497 e. The van der Waals surface area contributed by atoms with Crippen molar-refractivity contribution in [1.82, 2.24) is 0 Å². The van der Waals surface area contributed by atoms with E-state index in [-0.39, 0.29) is 23.3 Å². The van der Waals surface area contributed by atoms with Gasteiger partial charge in [0.15, 0.2) is 5.78 Å². The Hall–Kier alpha value is -2.56. The van der Waals surface area contributed by atoms with Gasteiger partial charge in [-0.2, -0.15) is 0 Å². The number of nitrogen functional groups attached to an aromatic ring is 1. The number of ether oxygens (including phenoxy) is 2. The van der Waals surface area contributed by atoms with Crippen LogP contribution in [0.3, 0.4) is 0 Å². The molecule has 0 aromatic heterocycles. The van der Waals surface area contributed by atoms with Crippen LogP contribution in [0.15, 0.2) is 36.4 Å². The molecule has 1 aliphatic carbocycles. The summed E-state index contributed by atoms with van der Waals surface area (Å²) < 4.78 is 23.9. The van der Waals surface area contributed by atoms with Gasteiger partial charge in [-0.05, 0) is 54.7 Å². The second-order valence-electron chi connectivity index (χ2n) is 6.00. The van der Waals surface area contributed by atoms with Crippen LogP contribution in [0.1, 0.15) is 34.7 Å². The molecule has 0 heterocycles. The standard InChI is InChI=1S/C19H20FNO3/c1-23-12-4-8-18(24-2)15(10-12)19(22)14-6-5-13(14)11-3-7-16(20)17(21)9-11/h3-4,7-10,13-14H,5-6,21H2,1-2H3. The van der Waals surface area contributed by atoms with Crippen molar-refractivity contribution in [1.29, 1.82) is 0 Å². The average molecular weight is 329 g/mol. The minimum Gasteiger partial charge on any atom is -0.497 e. The zero-order valence-corrected chi connectivity index (χ0v) is 13.7. The first-order valence-corrected chi connectivity index (χ1v) is 7.86. The van der Waals surface area contributed by atoms with E-state index in [9.17, 15) is 9.18 Å². The molecule has 5 heteroatoms. The van der Waals surface area contributed by atoms with Crippen LogP contribution in [0.2, 0.25) is 0 Å². The summed E-state index contributed by atoms with van der Waals surface area (Å²) in [7, 11) is 3.10. The number of halogens is 1. The number of hydrogen-bond acceptors (Lipinski definition) is 4. The number of carbonyl (C=O) groups excluding carboxylic acids is 1. The van der Waals surface area contributed by atoms with Crippen molar-refractivity contribution in [2.24, 2.45) is 5.92 Å². The third kappa shape index (κ3) is 2.82. The average Bonchev–Trinajstić information content (AvgIpc) is 2.56. The minimum atomic E-state index is -0.435. The van der Waals surface area contributed by atoms with Gasteiger partial charge < -0.3 is 15.2 Å². The van der Waals surface area contributed by atoms with E-state index >= 15 is 0 Å².